The number of anilines is 1. The van der Waals surface area contributed by atoms with Gasteiger partial charge in [-0.2, -0.15) is 0 Å². The topological polar surface area (TPSA) is 15.3 Å². The second-order valence-corrected chi connectivity index (χ2v) is 6.33. The summed E-state index contributed by atoms with van der Waals surface area (Å²) in [4.78, 5) is 2.43. The molecule has 2 nitrogen and oxygen atoms in total. The zero-order valence-electron chi connectivity index (χ0n) is 13.0. The molecule has 1 atom stereocenters. The summed E-state index contributed by atoms with van der Waals surface area (Å²) in [6.07, 6.45) is 3.77. The molecule has 2 rings (SSSR count). The Bertz CT molecular complexity index is 431. The molecule has 0 aliphatic carbocycles. The quantitative estimate of drug-likeness (QED) is 0.897. The van der Waals surface area contributed by atoms with E-state index in [9.17, 15) is 4.39 Å². The molecule has 112 valence electrons. The van der Waals surface area contributed by atoms with Crippen molar-refractivity contribution in [1.82, 2.24) is 5.32 Å². The molecule has 20 heavy (non-hydrogen) atoms. The Balaban J connectivity index is 2.16. The van der Waals surface area contributed by atoms with E-state index in [0.29, 0.717) is 6.04 Å². The molecule has 1 fully saturated rings. The van der Waals surface area contributed by atoms with Gasteiger partial charge in [0.2, 0.25) is 0 Å². The predicted molar refractivity (Wildman–Crippen MR) is 83.6 cm³/mol. The molecule has 1 aliphatic heterocycles. The molecule has 1 heterocycles. The number of benzene rings is 1. The highest BCUT2D eigenvalue weighted by Crippen LogP contribution is 2.26. The van der Waals surface area contributed by atoms with Gasteiger partial charge in [-0.15, -0.1) is 0 Å². The highest BCUT2D eigenvalue weighted by Gasteiger charge is 2.17. The van der Waals surface area contributed by atoms with Crippen molar-refractivity contribution in [2.75, 3.05) is 18.0 Å². The lowest BCUT2D eigenvalue weighted by molar-refractivity contribution is 0.521. The fourth-order valence-electron chi connectivity index (χ4n) is 2.82. The molecule has 0 aromatic heterocycles. The van der Waals surface area contributed by atoms with Crippen LogP contribution in [0.2, 0.25) is 0 Å². The number of hydrogen-bond acceptors (Lipinski definition) is 2. The Morgan fingerprint density at radius 2 is 2.10 bits per heavy atom. The van der Waals surface area contributed by atoms with Gasteiger partial charge in [-0.3, -0.25) is 0 Å². The smallest absolute Gasteiger partial charge is 0.123 e. The van der Waals surface area contributed by atoms with Crippen molar-refractivity contribution >= 4 is 5.69 Å². The fourth-order valence-corrected chi connectivity index (χ4v) is 2.82. The van der Waals surface area contributed by atoms with E-state index >= 15 is 0 Å². The second-order valence-electron chi connectivity index (χ2n) is 6.33. The minimum atomic E-state index is -0.141. The number of hydrogen-bond donors (Lipinski definition) is 1. The van der Waals surface area contributed by atoms with Crippen LogP contribution in [0.5, 0.6) is 0 Å². The Hall–Kier alpha value is -1.09. The van der Waals surface area contributed by atoms with Crippen LogP contribution in [0.25, 0.3) is 0 Å². The number of nitrogens with zero attached hydrogens (tertiary/aromatic N) is 1. The Labute approximate surface area is 122 Å². The van der Waals surface area contributed by atoms with Crippen LogP contribution in [0.4, 0.5) is 10.1 Å². The highest BCUT2D eigenvalue weighted by atomic mass is 19.1. The lowest BCUT2D eigenvalue weighted by Gasteiger charge is -2.26. The van der Waals surface area contributed by atoms with Crippen molar-refractivity contribution in [2.24, 2.45) is 5.92 Å². The van der Waals surface area contributed by atoms with Crippen molar-refractivity contribution in [3.8, 4) is 0 Å². The van der Waals surface area contributed by atoms with E-state index in [1.54, 1.807) is 12.1 Å². The van der Waals surface area contributed by atoms with Crippen molar-refractivity contribution in [3.05, 3.63) is 29.6 Å². The lowest BCUT2D eigenvalue weighted by atomic mass is 10.0. The summed E-state index contributed by atoms with van der Waals surface area (Å²) in [5.41, 5.74) is 2.28. The molecule has 1 aromatic carbocycles. The third-order valence-corrected chi connectivity index (χ3v) is 4.10. The number of halogens is 1. The van der Waals surface area contributed by atoms with Gasteiger partial charge in [-0.1, -0.05) is 20.8 Å². The second kappa shape index (κ2) is 7.07. The standard InChI is InChI=1S/C17H27FN2/c1-13(2)19-12-15-11-16(18)6-7-17(15)20-9-4-5-14(3)8-10-20/h6-7,11,13-14,19H,4-5,8-10,12H2,1-3H3. The van der Waals surface area contributed by atoms with Gasteiger partial charge in [-0.05, 0) is 48.9 Å². The van der Waals surface area contributed by atoms with Crippen molar-refractivity contribution in [2.45, 2.75) is 52.6 Å². The molecule has 3 heteroatoms. The van der Waals surface area contributed by atoms with E-state index in [0.717, 1.165) is 31.1 Å². The molecule has 0 saturated carbocycles. The highest BCUT2D eigenvalue weighted by molar-refractivity contribution is 5.54. The van der Waals surface area contributed by atoms with Crippen LogP contribution in [-0.4, -0.2) is 19.1 Å². The first-order chi connectivity index (χ1) is 9.56. The van der Waals surface area contributed by atoms with Crippen molar-refractivity contribution in [3.63, 3.8) is 0 Å². The minimum Gasteiger partial charge on any atom is -0.371 e. The monoisotopic (exact) mass is 278 g/mol. The predicted octanol–water partition coefficient (Wildman–Crippen LogP) is 3.95. The first kappa shape index (κ1) is 15.3. The summed E-state index contributed by atoms with van der Waals surface area (Å²) < 4.78 is 13.5. The van der Waals surface area contributed by atoms with Gasteiger partial charge < -0.3 is 10.2 Å². The Morgan fingerprint density at radius 1 is 1.30 bits per heavy atom. The maximum Gasteiger partial charge on any atom is 0.123 e. The molecule has 0 bridgehead atoms. The molecule has 1 aliphatic rings. The van der Waals surface area contributed by atoms with Gasteiger partial charge in [0.15, 0.2) is 0 Å². The zero-order valence-corrected chi connectivity index (χ0v) is 13.0. The van der Waals surface area contributed by atoms with Crippen LogP contribution >= 0.6 is 0 Å². The third-order valence-electron chi connectivity index (χ3n) is 4.10. The average Bonchev–Trinajstić information content (AvgIpc) is 2.61. The average molecular weight is 278 g/mol. The third kappa shape index (κ3) is 4.20. The molecular weight excluding hydrogens is 251 g/mol. The van der Waals surface area contributed by atoms with E-state index in [2.05, 4.69) is 31.0 Å². The molecule has 0 radical (unpaired) electrons. The van der Waals surface area contributed by atoms with Gasteiger partial charge in [0.05, 0.1) is 0 Å². The van der Waals surface area contributed by atoms with Crippen molar-refractivity contribution < 1.29 is 4.39 Å². The first-order valence-electron chi connectivity index (χ1n) is 7.83. The van der Waals surface area contributed by atoms with Crippen LogP contribution in [0.1, 0.15) is 45.6 Å². The van der Waals surface area contributed by atoms with Gasteiger partial charge in [0.25, 0.3) is 0 Å². The van der Waals surface area contributed by atoms with Gasteiger partial charge in [0.1, 0.15) is 5.82 Å². The Kier molecular flexibility index (Phi) is 5.41. The molecule has 1 aromatic rings. The number of nitrogens with one attached hydrogen (secondary N) is 1. The van der Waals surface area contributed by atoms with Gasteiger partial charge >= 0.3 is 0 Å². The summed E-state index contributed by atoms with van der Waals surface area (Å²) in [5, 5.41) is 3.40. The Morgan fingerprint density at radius 3 is 2.85 bits per heavy atom. The number of rotatable bonds is 4. The summed E-state index contributed by atoms with van der Waals surface area (Å²) >= 11 is 0. The van der Waals surface area contributed by atoms with E-state index in [4.69, 9.17) is 0 Å². The van der Waals surface area contributed by atoms with Crippen LogP contribution in [0.15, 0.2) is 18.2 Å². The SMILES string of the molecule is CC1CCCN(c2ccc(F)cc2CNC(C)C)CC1. The maximum absolute atomic E-state index is 13.5. The molecule has 1 unspecified atom stereocenters. The first-order valence-corrected chi connectivity index (χ1v) is 7.83. The van der Waals surface area contributed by atoms with E-state index in [-0.39, 0.29) is 5.82 Å². The summed E-state index contributed by atoms with van der Waals surface area (Å²) in [6.45, 7) is 9.47. The summed E-state index contributed by atoms with van der Waals surface area (Å²) in [5.74, 6) is 0.662. The molecule has 0 spiro atoms. The van der Waals surface area contributed by atoms with E-state index < -0.39 is 0 Å². The lowest BCUT2D eigenvalue weighted by Crippen LogP contribution is -2.28. The minimum absolute atomic E-state index is 0.141. The molecule has 0 amide bonds. The fraction of sp³-hybridized carbons (Fsp3) is 0.647. The van der Waals surface area contributed by atoms with E-state index in [1.807, 2.05) is 6.07 Å². The van der Waals surface area contributed by atoms with Crippen LogP contribution in [0, 0.1) is 11.7 Å². The van der Waals surface area contributed by atoms with E-state index in [1.165, 1.54) is 24.9 Å². The maximum atomic E-state index is 13.5. The zero-order chi connectivity index (χ0) is 14.5. The normalized spacial score (nSPS) is 20.2. The summed E-state index contributed by atoms with van der Waals surface area (Å²) in [6, 6.07) is 5.62. The van der Waals surface area contributed by atoms with Crippen LogP contribution in [0.3, 0.4) is 0 Å². The molecule has 1 N–H and O–H groups in total. The summed E-state index contributed by atoms with van der Waals surface area (Å²) in [7, 11) is 0. The van der Waals surface area contributed by atoms with Crippen LogP contribution < -0.4 is 10.2 Å². The van der Waals surface area contributed by atoms with Crippen molar-refractivity contribution in [1.29, 1.82) is 0 Å². The molecule has 1 saturated heterocycles. The molecular formula is C17H27FN2. The van der Waals surface area contributed by atoms with Gasteiger partial charge in [0, 0.05) is 31.4 Å². The van der Waals surface area contributed by atoms with Gasteiger partial charge in [-0.25, -0.2) is 4.39 Å². The van der Waals surface area contributed by atoms with Crippen LogP contribution in [-0.2, 0) is 6.54 Å². The largest absolute Gasteiger partial charge is 0.371 e.